The van der Waals surface area contributed by atoms with Gasteiger partial charge in [0.1, 0.15) is 11.5 Å². The van der Waals surface area contributed by atoms with Gasteiger partial charge in [0.25, 0.3) is 0 Å². The number of carbonyl (C=O) groups excluding carboxylic acids is 1. The highest BCUT2D eigenvalue weighted by Gasteiger charge is 2.32. The molecule has 4 aromatic rings. The van der Waals surface area contributed by atoms with E-state index < -0.39 is 15.1 Å². The van der Waals surface area contributed by atoms with Crippen molar-refractivity contribution in [2.45, 2.75) is 49.8 Å². The number of fused-ring (bicyclic) bond motifs is 1. The maximum atomic E-state index is 12.9. The SMILES string of the molecule is Cc1cc(CC(=O)Nc2cnn(C(C)(C)C)c2)ccc1Oc1ccnc2ccc(S(=O)(=O)C3CNC3)cc12. The van der Waals surface area contributed by atoms with E-state index in [1.807, 2.05) is 56.8 Å². The number of nitrogens with zero attached hydrogens (tertiary/aromatic N) is 3. The number of hydrogen-bond donors (Lipinski definition) is 2. The molecule has 9 nitrogen and oxygen atoms in total. The third-order valence-corrected chi connectivity index (χ3v) is 8.68. The number of carbonyl (C=O) groups is 1. The summed E-state index contributed by atoms with van der Waals surface area (Å²) in [5.41, 5.74) is 2.83. The minimum atomic E-state index is -3.43. The van der Waals surface area contributed by atoms with E-state index in [4.69, 9.17) is 4.74 Å². The molecule has 0 bridgehead atoms. The molecule has 5 rings (SSSR count). The van der Waals surface area contributed by atoms with Gasteiger partial charge in [0, 0.05) is 30.9 Å². The number of pyridine rings is 1. The average Bonchev–Trinajstić information content (AvgIpc) is 3.28. The second-order valence-electron chi connectivity index (χ2n) is 10.6. The first-order valence-corrected chi connectivity index (χ1v) is 14.0. The van der Waals surface area contributed by atoms with E-state index in [1.54, 1.807) is 36.7 Å². The zero-order chi connectivity index (χ0) is 27.1. The van der Waals surface area contributed by atoms with Crippen LogP contribution in [-0.4, -0.2) is 47.4 Å². The molecule has 3 heterocycles. The highest BCUT2D eigenvalue weighted by molar-refractivity contribution is 7.92. The van der Waals surface area contributed by atoms with Gasteiger partial charge in [0.05, 0.1) is 39.5 Å². The fraction of sp³-hybridized carbons (Fsp3) is 0.321. The minimum absolute atomic E-state index is 0.137. The molecule has 0 unspecified atom stereocenters. The van der Waals surface area contributed by atoms with Gasteiger partial charge >= 0.3 is 0 Å². The Kier molecular flexibility index (Phi) is 6.70. The molecule has 1 fully saturated rings. The molecular formula is C28H31N5O4S. The van der Waals surface area contributed by atoms with Crippen molar-refractivity contribution in [3.8, 4) is 11.5 Å². The van der Waals surface area contributed by atoms with Crippen LogP contribution < -0.4 is 15.4 Å². The van der Waals surface area contributed by atoms with Gasteiger partial charge in [-0.2, -0.15) is 5.10 Å². The summed E-state index contributed by atoms with van der Waals surface area (Å²) >= 11 is 0. The Morgan fingerprint density at radius 1 is 1.13 bits per heavy atom. The summed E-state index contributed by atoms with van der Waals surface area (Å²) in [5.74, 6) is 0.995. The molecule has 1 aliphatic rings. The van der Waals surface area contributed by atoms with E-state index in [-0.39, 0.29) is 22.8 Å². The van der Waals surface area contributed by atoms with Crippen molar-refractivity contribution >= 4 is 32.3 Å². The summed E-state index contributed by atoms with van der Waals surface area (Å²) in [4.78, 5) is 17.3. The molecule has 0 radical (unpaired) electrons. The average molecular weight is 534 g/mol. The monoisotopic (exact) mass is 533 g/mol. The van der Waals surface area contributed by atoms with Gasteiger partial charge in [-0.15, -0.1) is 0 Å². The quantitative estimate of drug-likeness (QED) is 0.366. The van der Waals surface area contributed by atoms with Gasteiger partial charge in [0.15, 0.2) is 9.84 Å². The Bertz CT molecular complexity index is 1620. The van der Waals surface area contributed by atoms with Crippen LogP contribution in [0.2, 0.25) is 0 Å². The third-order valence-electron chi connectivity index (χ3n) is 6.56. The number of anilines is 1. The fourth-order valence-electron chi connectivity index (χ4n) is 4.24. The number of sulfone groups is 1. The first-order valence-electron chi connectivity index (χ1n) is 12.5. The predicted octanol–water partition coefficient (Wildman–Crippen LogP) is 4.21. The molecule has 1 amide bonds. The lowest BCUT2D eigenvalue weighted by Crippen LogP contribution is -2.51. The van der Waals surface area contributed by atoms with E-state index in [2.05, 4.69) is 20.7 Å². The zero-order valence-corrected chi connectivity index (χ0v) is 22.7. The topological polar surface area (TPSA) is 115 Å². The third kappa shape index (κ3) is 5.27. The van der Waals surface area contributed by atoms with Crippen LogP contribution in [0.3, 0.4) is 0 Å². The van der Waals surface area contributed by atoms with Crippen molar-refractivity contribution in [3.05, 3.63) is 72.2 Å². The van der Waals surface area contributed by atoms with Crippen molar-refractivity contribution in [3.63, 3.8) is 0 Å². The molecular weight excluding hydrogens is 502 g/mol. The maximum absolute atomic E-state index is 12.9. The van der Waals surface area contributed by atoms with E-state index >= 15 is 0 Å². The van der Waals surface area contributed by atoms with Crippen LogP contribution in [0.1, 0.15) is 31.9 Å². The molecule has 38 heavy (non-hydrogen) atoms. The van der Waals surface area contributed by atoms with Gasteiger partial charge in [0.2, 0.25) is 5.91 Å². The van der Waals surface area contributed by atoms with E-state index in [1.165, 1.54) is 0 Å². The normalized spacial score (nSPS) is 14.3. The molecule has 1 saturated heterocycles. The van der Waals surface area contributed by atoms with Crippen molar-refractivity contribution in [1.82, 2.24) is 20.1 Å². The lowest BCUT2D eigenvalue weighted by Gasteiger charge is -2.26. The maximum Gasteiger partial charge on any atom is 0.228 e. The number of aromatic nitrogens is 3. The van der Waals surface area contributed by atoms with E-state index in [9.17, 15) is 13.2 Å². The standard InChI is InChI=1S/C28H31N5O4S/c1-18-11-19(12-27(34)32-20-14-31-33(17-20)28(2,3)4)5-8-25(18)37-26-9-10-30-24-7-6-21(13-23(24)26)38(35,36)22-15-29-16-22/h5-11,13-14,17,22,29H,12,15-16H2,1-4H3,(H,32,34). The molecule has 1 aliphatic heterocycles. The van der Waals surface area contributed by atoms with Crippen LogP contribution in [0.25, 0.3) is 10.9 Å². The lowest BCUT2D eigenvalue weighted by molar-refractivity contribution is -0.115. The van der Waals surface area contributed by atoms with E-state index in [0.717, 1.165) is 11.1 Å². The van der Waals surface area contributed by atoms with Crippen LogP contribution in [0.5, 0.6) is 11.5 Å². The van der Waals surface area contributed by atoms with Crippen LogP contribution in [0.4, 0.5) is 5.69 Å². The van der Waals surface area contributed by atoms with Crippen molar-refractivity contribution in [1.29, 1.82) is 0 Å². The molecule has 0 aliphatic carbocycles. The van der Waals surface area contributed by atoms with Crippen LogP contribution >= 0.6 is 0 Å². The summed E-state index contributed by atoms with van der Waals surface area (Å²) in [6.45, 7) is 8.95. The predicted molar refractivity (Wildman–Crippen MR) is 146 cm³/mol. The van der Waals surface area contributed by atoms with E-state index in [0.29, 0.717) is 41.2 Å². The lowest BCUT2D eigenvalue weighted by atomic mass is 10.1. The number of aryl methyl sites for hydroxylation is 1. The molecule has 0 saturated carbocycles. The second kappa shape index (κ2) is 9.85. The Balaban J connectivity index is 1.32. The Morgan fingerprint density at radius 3 is 2.58 bits per heavy atom. The van der Waals surface area contributed by atoms with Gasteiger partial charge in [-0.05, 0) is 69.2 Å². The molecule has 2 aromatic heterocycles. The van der Waals surface area contributed by atoms with Gasteiger partial charge in [-0.3, -0.25) is 14.5 Å². The Morgan fingerprint density at radius 2 is 1.92 bits per heavy atom. The van der Waals surface area contributed by atoms with Crippen molar-refractivity contribution in [2.75, 3.05) is 18.4 Å². The molecule has 198 valence electrons. The van der Waals surface area contributed by atoms with Gasteiger partial charge in [-0.25, -0.2) is 8.42 Å². The van der Waals surface area contributed by atoms with Crippen molar-refractivity contribution in [2.24, 2.45) is 0 Å². The van der Waals surface area contributed by atoms with Crippen LogP contribution in [0, 0.1) is 6.92 Å². The number of nitrogens with one attached hydrogen (secondary N) is 2. The van der Waals surface area contributed by atoms with Crippen molar-refractivity contribution < 1.29 is 17.9 Å². The molecule has 2 N–H and O–H groups in total. The zero-order valence-electron chi connectivity index (χ0n) is 21.9. The van der Waals surface area contributed by atoms with Gasteiger partial charge in [-0.1, -0.05) is 12.1 Å². The number of hydrogen-bond acceptors (Lipinski definition) is 7. The summed E-state index contributed by atoms with van der Waals surface area (Å²) in [5, 5.41) is 10.4. The first kappa shape index (κ1) is 25.9. The summed E-state index contributed by atoms with van der Waals surface area (Å²) < 4.78 is 33.9. The Labute approximate surface area is 222 Å². The molecule has 0 atom stereocenters. The fourth-order valence-corrected chi connectivity index (χ4v) is 5.84. The second-order valence-corrected chi connectivity index (χ2v) is 12.8. The Hall–Kier alpha value is -3.76. The van der Waals surface area contributed by atoms with Crippen LogP contribution in [0.15, 0.2) is 66.0 Å². The first-order chi connectivity index (χ1) is 18.0. The number of ether oxygens (including phenoxy) is 1. The largest absolute Gasteiger partial charge is 0.456 e. The smallest absolute Gasteiger partial charge is 0.228 e. The van der Waals surface area contributed by atoms with Crippen LogP contribution in [-0.2, 0) is 26.6 Å². The summed E-state index contributed by atoms with van der Waals surface area (Å²) in [7, 11) is -3.43. The summed E-state index contributed by atoms with van der Waals surface area (Å²) in [6, 6.07) is 12.3. The summed E-state index contributed by atoms with van der Waals surface area (Å²) in [6.07, 6.45) is 5.30. The number of amides is 1. The van der Waals surface area contributed by atoms with Gasteiger partial charge < -0.3 is 15.4 Å². The highest BCUT2D eigenvalue weighted by Crippen LogP contribution is 2.33. The molecule has 0 spiro atoms. The molecule has 2 aromatic carbocycles. The number of rotatable bonds is 7. The molecule has 10 heteroatoms. The minimum Gasteiger partial charge on any atom is -0.456 e. The number of benzene rings is 2. The highest BCUT2D eigenvalue weighted by atomic mass is 32.2.